The number of nitrogens with two attached hydrogens (primary N) is 1. The summed E-state index contributed by atoms with van der Waals surface area (Å²) in [5.74, 6) is -3.25. The predicted octanol–water partition coefficient (Wildman–Crippen LogP) is -1.28. The zero-order valence-electron chi connectivity index (χ0n) is 15.5. The number of fused-ring (bicyclic) bond motifs is 1. The molecule has 3 unspecified atom stereocenters. The fourth-order valence-corrected chi connectivity index (χ4v) is 5.58. The molecular formula is C15H18ClN5O7S2. The molecule has 2 fully saturated rings. The zero-order valence-corrected chi connectivity index (χ0v) is 17.8. The highest BCUT2D eigenvalue weighted by molar-refractivity contribution is 8.02. The molecule has 3 rings (SSSR count). The van der Waals surface area contributed by atoms with Crippen LogP contribution >= 0.6 is 35.1 Å². The number of carbonyl (C=O) groups is 4. The van der Waals surface area contributed by atoms with E-state index in [9.17, 15) is 24.3 Å². The van der Waals surface area contributed by atoms with Gasteiger partial charge in [0.2, 0.25) is 6.61 Å². The molecule has 12 nitrogen and oxygen atoms in total. The first-order valence-corrected chi connectivity index (χ1v) is 10.9. The van der Waals surface area contributed by atoms with Crippen molar-refractivity contribution in [3.63, 3.8) is 0 Å². The Morgan fingerprint density at radius 2 is 2.17 bits per heavy atom. The third-order valence-corrected chi connectivity index (χ3v) is 7.44. The Bertz CT molecular complexity index is 864. The van der Waals surface area contributed by atoms with Gasteiger partial charge in [-0.05, 0) is 12.5 Å². The van der Waals surface area contributed by atoms with Crippen molar-refractivity contribution in [1.82, 2.24) is 15.5 Å². The highest BCUT2D eigenvalue weighted by Crippen LogP contribution is 2.40. The van der Waals surface area contributed by atoms with Gasteiger partial charge in [-0.3, -0.25) is 19.8 Å². The summed E-state index contributed by atoms with van der Waals surface area (Å²) in [6.07, 6.45) is 0. The molecule has 0 spiro atoms. The second-order valence-corrected chi connectivity index (χ2v) is 9.77. The molecular weight excluding hydrogens is 462 g/mol. The van der Waals surface area contributed by atoms with Gasteiger partial charge in [-0.1, -0.05) is 16.8 Å². The van der Waals surface area contributed by atoms with Crippen molar-refractivity contribution in [3.05, 3.63) is 11.3 Å². The summed E-state index contributed by atoms with van der Waals surface area (Å²) >= 11 is 8.62. The standard InChI is InChI=1S/C15H18ClN5O7S2/c1-5-3-29-13-8(12(25)21(13)9(5)14(26)27)19-11(24)7(20-28-2-6(22)23)10-15(16,17)30-4-18-10/h8,10,13,18H,2-4,17H2,1H3,(H,19,24)(H,22,23)(H,26,27)/b20-7+/t8?,10?,13-,15?/m1/s1. The van der Waals surface area contributed by atoms with Gasteiger partial charge in [0.1, 0.15) is 23.2 Å². The molecule has 6 N–H and O–H groups in total. The number of nitrogens with zero attached hydrogens (tertiary/aromatic N) is 2. The van der Waals surface area contributed by atoms with Crippen molar-refractivity contribution in [2.45, 2.75) is 28.7 Å². The van der Waals surface area contributed by atoms with Crippen molar-refractivity contribution in [3.8, 4) is 0 Å². The van der Waals surface area contributed by atoms with E-state index in [1.807, 2.05) is 0 Å². The number of rotatable bonds is 7. The van der Waals surface area contributed by atoms with Gasteiger partial charge in [0.05, 0.1) is 0 Å². The van der Waals surface area contributed by atoms with Crippen molar-refractivity contribution < 1.29 is 34.2 Å². The molecule has 30 heavy (non-hydrogen) atoms. The molecule has 0 saturated carbocycles. The van der Waals surface area contributed by atoms with Gasteiger partial charge in [0.15, 0.2) is 10.0 Å². The summed E-state index contributed by atoms with van der Waals surface area (Å²) in [5, 5.41) is 26.5. The summed E-state index contributed by atoms with van der Waals surface area (Å²) in [5.41, 5.74) is 6.08. The monoisotopic (exact) mass is 479 g/mol. The minimum atomic E-state index is -1.45. The molecule has 0 aromatic heterocycles. The van der Waals surface area contributed by atoms with Gasteiger partial charge in [-0.15, -0.1) is 23.5 Å². The van der Waals surface area contributed by atoms with Crippen LogP contribution in [0.5, 0.6) is 0 Å². The van der Waals surface area contributed by atoms with Crippen LogP contribution in [0.25, 0.3) is 0 Å². The zero-order chi connectivity index (χ0) is 22.2. The van der Waals surface area contributed by atoms with Crippen LogP contribution in [-0.2, 0) is 24.0 Å². The first kappa shape index (κ1) is 22.7. The Hall–Kier alpha value is -2.00. The summed E-state index contributed by atoms with van der Waals surface area (Å²) in [6.45, 7) is 0.832. The van der Waals surface area contributed by atoms with E-state index in [1.165, 1.54) is 11.8 Å². The van der Waals surface area contributed by atoms with Crippen LogP contribution in [0.4, 0.5) is 0 Å². The van der Waals surface area contributed by atoms with Crippen molar-refractivity contribution >= 4 is 64.6 Å². The van der Waals surface area contributed by atoms with Gasteiger partial charge in [-0.25, -0.2) is 9.59 Å². The number of alkyl halides is 1. The lowest BCUT2D eigenvalue weighted by molar-refractivity contribution is -0.150. The molecule has 4 atom stereocenters. The minimum Gasteiger partial charge on any atom is -0.479 e. The van der Waals surface area contributed by atoms with Crippen LogP contribution in [0.3, 0.4) is 0 Å². The number of carboxylic acid groups (broad SMARTS) is 2. The topological polar surface area (TPSA) is 184 Å². The summed E-state index contributed by atoms with van der Waals surface area (Å²) in [6, 6.07) is -1.98. The van der Waals surface area contributed by atoms with Crippen LogP contribution in [0, 0.1) is 0 Å². The number of nitrogens with one attached hydrogen (secondary N) is 2. The van der Waals surface area contributed by atoms with E-state index in [2.05, 4.69) is 15.8 Å². The number of amides is 2. The molecule has 0 aliphatic carbocycles. The van der Waals surface area contributed by atoms with Crippen LogP contribution in [-0.4, -0.2) is 84.6 Å². The van der Waals surface area contributed by atoms with Gasteiger partial charge >= 0.3 is 11.9 Å². The molecule has 3 aliphatic rings. The SMILES string of the molecule is CC1=C(C(=O)O)N2C(=O)C(NC(=O)/C(=N/OCC(=O)O)C3NCSC3(N)Cl)[C@H]2SC1. The van der Waals surface area contributed by atoms with E-state index >= 15 is 0 Å². The smallest absolute Gasteiger partial charge is 0.352 e. The van der Waals surface area contributed by atoms with Gasteiger partial charge < -0.3 is 26.1 Å². The lowest BCUT2D eigenvalue weighted by atomic mass is 10.0. The molecule has 0 aromatic carbocycles. The lowest BCUT2D eigenvalue weighted by Crippen LogP contribution is -2.71. The van der Waals surface area contributed by atoms with E-state index in [0.717, 1.165) is 16.7 Å². The van der Waals surface area contributed by atoms with Gasteiger partial charge in [0, 0.05) is 11.6 Å². The molecule has 0 bridgehead atoms. The maximum Gasteiger partial charge on any atom is 0.352 e. The largest absolute Gasteiger partial charge is 0.479 e. The molecule has 3 heterocycles. The molecule has 3 aliphatic heterocycles. The number of carbonyl (C=O) groups excluding carboxylic acids is 2. The highest BCUT2D eigenvalue weighted by Gasteiger charge is 2.54. The number of β-lactam (4-membered cyclic amide) rings is 1. The number of carboxylic acids is 2. The van der Waals surface area contributed by atoms with Crippen LogP contribution in [0.15, 0.2) is 16.4 Å². The van der Waals surface area contributed by atoms with E-state index in [1.54, 1.807) is 6.92 Å². The van der Waals surface area contributed by atoms with Gasteiger partial charge in [-0.2, -0.15) is 0 Å². The lowest BCUT2D eigenvalue weighted by Gasteiger charge is -2.49. The number of oxime groups is 1. The molecule has 0 radical (unpaired) electrons. The molecule has 2 amide bonds. The second kappa shape index (κ2) is 8.63. The fraction of sp³-hybridized carbons (Fsp3) is 0.533. The Kier molecular flexibility index (Phi) is 6.52. The van der Waals surface area contributed by atoms with E-state index in [-0.39, 0.29) is 11.4 Å². The second-order valence-electron chi connectivity index (χ2n) is 6.56. The highest BCUT2D eigenvalue weighted by atomic mass is 35.5. The predicted molar refractivity (Wildman–Crippen MR) is 109 cm³/mol. The fourth-order valence-electron chi connectivity index (χ4n) is 3.11. The number of thioether (sulfide) groups is 2. The van der Waals surface area contributed by atoms with Crippen molar-refractivity contribution in [2.24, 2.45) is 10.9 Å². The van der Waals surface area contributed by atoms with E-state index in [0.29, 0.717) is 17.2 Å². The van der Waals surface area contributed by atoms with E-state index < -0.39 is 52.1 Å². The maximum absolute atomic E-state index is 12.9. The van der Waals surface area contributed by atoms with Crippen LogP contribution < -0.4 is 16.4 Å². The van der Waals surface area contributed by atoms with Gasteiger partial charge in [0.25, 0.3) is 11.8 Å². The summed E-state index contributed by atoms with van der Waals surface area (Å²) in [4.78, 5) is 53.4. The average Bonchev–Trinajstić information content (AvgIpc) is 3.01. The minimum absolute atomic E-state index is 0.0940. The molecule has 2 saturated heterocycles. The van der Waals surface area contributed by atoms with E-state index in [4.69, 9.17) is 27.3 Å². The first-order valence-electron chi connectivity index (χ1n) is 8.50. The molecule has 15 heteroatoms. The van der Waals surface area contributed by atoms with Crippen molar-refractivity contribution in [2.75, 3.05) is 18.2 Å². The Balaban J connectivity index is 1.77. The van der Waals surface area contributed by atoms with Crippen LogP contribution in [0.2, 0.25) is 0 Å². The maximum atomic E-state index is 12.9. The summed E-state index contributed by atoms with van der Waals surface area (Å²) in [7, 11) is 0. The summed E-state index contributed by atoms with van der Waals surface area (Å²) < 4.78 is -1.45. The normalized spacial score (nSPS) is 31.2. The molecule has 164 valence electrons. The first-order chi connectivity index (χ1) is 14.0. The van der Waals surface area contributed by atoms with Crippen LogP contribution in [0.1, 0.15) is 6.92 Å². The Morgan fingerprint density at radius 1 is 1.47 bits per heavy atom. The number of hydrogen-bond acceptors (Lipinski definition) is 10. The average molecular weight is 480 g/mol. The third-order valence-electron chi connectivity index (χ3n) is 4.48. The third kappa shape index (κ3) is 4.23. The van der Waals surface area contributed by atoms with Crippen molar-refractivity contribution in [1.29, 1.82) is 0 Å². The molecule has 0 aromatic rings. The Morgan fingerprint density at radius 3 is 2.73 bits per heavy atom. The number of aliphatic carboxylic acids is 2. The number of hydrogen-bond donors (Lipinski definition) is 5. The quantitative estimate of drug-likeness (QED) is 0.0962. The number of halogens is 1. The Labute approximate surface area is 183 Å².